The zero-order valence-corrected chi connectivity index (χ0v) is 12.1. The van der Waals surface area contributed by atoms with Gasteiger partial charge >= 0.3 is 0 Å². The van der Waals surface area contributed by atoms with E-state index in [4.69, 9.17) is 14.6 Å². The molecule has 0 spiro atoms. The van der Waals surface area contributed by atoms with Crippen LogP contribution >= 0.6 is 0 Å². The smallest absolute Gasteiger partial charge is 0.128 e. The van der Waals surface area contributed by atoms with E-state index in [0.717, 1.165) is 13.0 Å². The van der Waals surface area contributed by atoms with Gasteiger partial charge in [0.1, 0.15) is 5.82 Å². The first-order chi connectivity index (χ1) is 10.2. The molecular weight excluding hydrogens is 277 g/mol. The Morgan fingerprint density at radius 1 is 1.19 bits per heavy atom. The summed E-state index contributed by atoms with van der Waals surface area (Å²) in [5, 5.41) is 21.3. The Bertz CT molecular complexity index is 378. The van der Waals surface area contributed by atoms with Gasteiger partial charge in [0.25, 0.3) is 0 Å². The van der Waals surface area contributed by atoms with Crippen molar-refractivity contribution in [3.05, 3.63) is 35.6 Å². The maximum Gasteiger partial charge on any atom is 0.128 e. The van der Waals surface area contributed by atoms with Crippen LogP contribution in [0.3, 0.4) is 0 Å². The molecule has 0 fully saturated rings. The zero-order valence-electron chi connectivity index (χ0n) is 12.1. The number of ether oxygens (including phenoxy) is 2. The van der Waals surface area contributed by atoms with Gasteiger partial charge in [0.05, 0.1) is 32.5 Å². The summed E-state index contributed by atoms with van der Waals surface area (Å²) >= 11 is 0. The number of hydrogen-bond acceptors (Lipinski definition) is 5. The zero-order chi connectivity index (χ0) is 15.3. The Balaban J connectivity index is 1.99. The van der Waals surface area contributed by atoms with Gasteiger partial charge in [-0.05, 0) is 19.0 Å². The predicted octanol–water partition coefficient (Wildman–Crippen LogP) is 0.692. The van der Waals surface area contributed by atoms with E-state index < -0.39 is 6.10 Å². The van der Waals surface area contributed by atoms with Crippen molar-refractivity contribution in [1.82, 2.24) is 5.32 Å². The predicted molar refractivity (Wildman–Crippen MR) is 77.5 cm³/mol. The molecule has 0 aromatic heterocycles. The Morgan fingerprint density at radius 2 is 2.00 bits per heavy atom. The van der Waals surface area contributed by atoms with Crippen molar-refractivity contribution in [3.63, 3.8) is 0 Å². The molecule has 1 aromatic rings. The highest BCUT2D eigenvalue weighted by Crippen LogP contribution is 2.07. The summed E-state index contributed by atoms with van der Waals surface area (Å²) in [6.45, 7) is 2.40. The van der Waals surface area contributed by atoms with E-state index in [1.165, 1.54) is 6.07 Å². The number of hydrogen-bond donors (Lipinski definition) is 3. The molecule has 0 aliphatic heterocycles. The maximum absolute atomic E-state index is 13.3. The normalized spacial score (nSPS) is 12.5. The first-order valence-corrected chi connectivity index (χ1v) is 7.12. The third-order valence-corrected chi connectivity index (χ3v) is 2.78. The molecule has 120 valence electrons. The highest BCUT2D eigenvalue weighted by molar-refractivity contribution is 5.16. The van der Waals surface area contributed by atoms with Crippen LogP contribution in [0.5, 0.6) is 0 Å². The van der Waals surface area contributed by atoms with Gasteiger partial charge in [-0.2, -0.15) is 0 Å². The second-order valence-electron chi connectivity index (χ2n) is 4.65. The van der Waals surface area contributed by atoms with Crippen molar-refractivity contribution in [2.24, 2.45) is 0 Å². The molecule has 1 rings (SSSR count). The molecule has 0 aliphatic carbocycles. The number of rotatable bonds is 12. The van der Waals surface area contributed by atoms with Gasteiger partial charge in [0.2, 0.25) is 0 Å². The molecule has 21 heavy (non-hydrogen) atoms. The lowest BCUT2D eigenvalue weighted by Crippen LogP contribution is -2.31. The fourth-order valence-corrected chi connectivity index (χ4v) is 1.71. The topological polar surface area (TPSA) is 71.0 Å². The van der Waals surface area contributed by atoms with Crippen molar-refractivity contribution in [2.75, 3.05) is 39.5 Å². The van der Waals surface area contributed by atoms with Crippen LogP contribution < -0.4 is 5.32 Å². The minimum atomic E-state index is -0.630. The van der Waals surface area contributed by atoms with Gasteiger partial charge in [-0.3, -0.25) is 0 Å². The molecule has 0 heterocycles. The van der Waals surface area contributed by atoms with E-state index in [9.17, 15) is 9.50 Å². The molecule has 0 saturated carbocycles. The second kappa shape index (κ2) is 11.6. The standard InChI is InChI=1S/C15H24FNO4/c16-15-5-2-1-4-13(15)11-21-12-14(19)10-17-6-3-8-20-9-7-18/h1-2,4-5,14,17-19H,3,6-12H2. The third kappa shape index (κ3) is 8.75. The van der Waals surface area contributed by atoms with Gasteiger partial charge < -0.3 is 25.0 Å². The monoisotopic (exact) mass is 301 g/mol. The number of aliphatic hydroxyl groups is 2. The van der Waals surface area contributed by atoms with Gasteiger partial charge in [0.15, 0.2) is 0 Å². The SMILES string of the molecule is OCCOCCCNCC(O)COCc1ccccc1F. The number of halogens is 1. The number of aliphatic hydroxyl groups excluding tert-OH is 2. The van der Waals surface area contributed by atoms with Crippen molar-refractivity contribution >= 4 is 0 Å². The van der Waals surface area contributed by atoms with Crippen LogP contribution in [-0.2, 0) is 16.1 Å². The minimum Gasteiger partial charge on any atom is -0.394 e. The largest absolute Gasteiger partial charge is 0.394 e. The Hall–Kier alpha value is -1.05. The Labute approximate surface area is 124 Å². The van der Waals surface area contributed by atoms with Crippen molar-refractivity contribution < 1.29 is 24.1 Å². The molecule has 5 nitrogen and oxygen atoms in total. The highest BCUT2D eigenvalue weighted by atomic mass is 19.1. The Morgan fingerprint density at radius 3 is 2.76 bits per heavy atom. The molecular formula is C15H24FNO4. The minimum absolute atomic E-state index is 0.0332. The summed E-state index contributed by atoms with van der Waals surface area (Å²) in [6, 6.07) is 6.42. The van der Waals surface area contributed by atoms with E-state index in [-0.39, 0.29) is 25.6 Å². The van der Waals surface area contributed by atoms with Gasteiger partial charge in [0, 0.05) is 18.7 Å². The van der Waals surface area contributed by atoms with E-state index in [0.29, 0.717) is 25.3 Å². The lowest BCUT2D eigenvalue weighted by Gasteiger charge is -2.12. The first-order valence-electron chi connectivity index (χ1n) is 7.12. The van der Waals surface area contributed by atoms with Gasteiger partial charge in [-0.25, -0.2) is 4.39 Å². The summed E-state index contributed by atoms with van der Waals surface area (Å²) < 4.78 is 23.7. The fraction of sp³-hybridized carbons (Fsp3) is 0.600. The lowest BCUT2D eigenvalue weighted by molar-refractivity contribution is 0.0275. The molecule has 1 aromatic carbocycles. The van der Waals surface area contributed by atoms with Crippen LogP contribution in [0.25, 0.3) is 0 Å². The maximum atomic E-state index is 13.3. The molecule has 3 N–H and O–H groups in total. The third-order valence-electron chi connectivity index (χ3n) is 2.78. The Kier molecular flexibility index (Phi) is 9.94. The van der Waals surface area contributed by atoms with Crippen LogP contribution in [0, 0.1) is 5.82 Å². The number of benzene rings is 1. The first kappa shape index (κ1) is 18.0. The van der Waals surface area contributed by atoms with Crippen LogP contribution in [-0.4, -0.2) is 55.8 Å². The van der Waals surface area contributed by atoms with E-state index >= 15 is 0 Å². The molecule has 0 aliphatic rings. The van der Waals surface area contributed by atoms with Crippen molar-refractivity contribution in [3.8, 4) is 0 Å². The molecule has 1 atom stereocenters. The summed E-state index contributed by atoms with van der Waals surface area (Å²) in [7, 11) is 0. The second-order valence-corrected chi connectivity index (χ2v) is 4.65. The summed E-state index contributed by atoms with van der Waals surface area (Å²) in [4.78, 5) is 0. The van der Waals surface area contributed by atoms with E-state index in [2.05, 4.69) is 5.32 Å². The van der Waals surface area contributed by atoms with Crippen molar-refractivity contribution in [1.29, 1.82) is 0 Å². The van der Waals surface area contributed by atoms with Gasteiger partial charge in [-0.1, -0.05) is 18.2 Å². The van der Waals surface area contributed by atoms with Crippen LogP contribution in [0.2, 0.25) is 0 Å². The summed E-state index contributed by atoms with van der Waals surface area (Å²) in [6.07, 6.45) is 0.179. The fourth-order valence-electron chi connectivity index (χ4n) is 1.71. The molecule has 0 amide bonds. The van der Waals surface area contributed by atoms with E-state index in [1.54, 1.807) is 18.2 Å². The molecule has 1 unspecified atom stereocenters. The van der Waals surface area contributed by atoms with Crippen LogP contribution in [0.15, 0.2) is 24.3 Å². The molecule has 0 saturated heterocycles. The average Bonchev–Trinajstić information content (AvgIpc) is 2.48. The average molecular weight is 301 g/mol. The van der Waals surface area contributed by atoms with Crippen LogP contribution in [0.1, 0.15) is 12.0 Å². The summed E-state index contributed by atoms with van der Waals surface area (Å²) in [5.41, 5.74) is 0.485. The molecule has 0 radical (unpaired) electrons. The quantitative estimate of drug-likeness (QED) is 0.496. The van der Waals surface area contributed by atoms with Gasteiger partial charge in [-0.15, -0.1) is 0 Å². The number of nitrogens with one attached hydrogen (secondary N) is 1. The summed E-state index contributed by atoms with van der Waals surface area (Å²) in [5.74, 6) is -0.298. The van der Waals surface area contributed by atoms with Crippen LogP contribution in [0.4, 0.5) is 4.39 Å². The molecule has 0 bridgehead atoms. The molecule has 6 heteroatoms. The lowest BCUT2D eigenvalue weighted by atomic mass is 10.2. The highest BCUT2D eigenvalue weighted by Gasteiger charge is 2.05. The van der Waals surface area contributed by atoms with E-state index in [1.807, 2.05) is 0 Å². The van der Waals surface area contributed by atoms with Crippen molar-refractivity contribution in [2.45, 2.75) is 19.1 Å².